The fraction of sp³-hybridized carbons (Fsp3) is 0.900. The largest absolute Gasteiger partial charge is 0.481 e. The Bertz CT molecular complexity index is 892. The van der Waals surface area contributed by atoms with Crippen molar-refractivity contribution >= 4 is 5.97 Å². The minimum atomic E-state index is -1.15. The van der Waals surface area contributed by atoms with Crippen LogP contribution in [0.25, 0.3) is 0 Å². The molecule has 0 heterocycles. The molecule has 0 aliphatic heterocycles. The van der Waals surface area contributed by atoms with E-state index >= 15 is 0 Å². The predicted octanol–water partition coefficient (Wildman–Crippen LogP) is 6.20. The molecule has 192 valence electrons. The first-order chi connectivity index (χ1) is 15.8. The Hall–Kier alpha value is -0.870. The topological polar surface area (TPSA) is 77.8 Å². The summed E-state index contributed by atoms with van der Waals surface area (Å²) >= 11 is 0. The molecule has 5 aliphatic carbocycles. The Morgan fingerprint density at radius 2 is 1.65 bits per heavy atom. The lowest BCUT2D eigenvalue weighted by atomic mass is 9.41. The molecule has 0 radical (unpaired) electrons. The molecule has 0 aromatic carbocycles. The minimum Gasteiger partial charge on any atom is -0.481 e. The summed E-state index contributed by atoms with van der Waals surface area (Å²) in [7, 11) is 0. The molecule has 5 rings (SSSR count). The normalized spacial score (nSPS) is 54.2. The van der Waals surface area contributed by atoms with Crippen molar-refractivity contribution < 1.29 is 20.1 Å². The highest BCUT2D eigenvalue weighted by atomic mass is 16.4. The predicted molar refractivity (Wildman–Crippen MR) is 134 cm³/mol. The zero-order valence-corrected chi connectivity index (χ0v) is 22.4. The second-order valence-corrected chi connectivity index (χ2v) is 14.2. The van der Waals surface area contributed by atoms with Gasteiger partial charge in [0.05, 0.1) is 17.6 Å². The molecule has 5 aliphatic rings. The highest BCUT2D eigenvalue weighted by Crippen LogP contribution is 2.89. The van der Waals surface area contributed by atoms with Crippen LogP contribution in [0.5, 0.6) is 0 Å². The maximum atomic E-state index is 12.5. The molecule has 3 N–H and O–H groups in total. The zero-order chi connectivity index (χ0) is 24.9. The summed E-state index contributed by atoms with van der Waals surface area (Å²) < 4.78 is 0. The Kier molecular flexibility index (Phi) is 5.52. The van der Waals surface area contributed by atoms with Crippen molar-refractivity contribution in [2.45, 2.75) is 118 Å². The number of hydrogen-bond donors (Lipinski definition) is 3. The van der Waals surface area contributed by atoms with Gasteiger partial charge < -0.3 is 15.3 Å². The van der Waals surface area contributed by atoms with Crippen molar-refractivity contribution in [2.24, 2.45) is 50.7 Å². The van der Waals surface area contributed by atoms with Gasteiger partial charge in [0.25, 0.3) is 0 Å². The van der Waals surface area contributed by atoms with Crippen molar-refractivity contribution in [1.82, 2.24) is 0 Å². The van der Waals surface area contributed by atoms with Gasteiger partial charge in [-0.1, -0.05) is 32.4 Å². The maximum absolute atomic E-state index is 12.5. The van der Waals surface area contributed by atoms with E-state index in [-0.39, 0.29) is 28.6 Å². The summed E-state index contributed by atoms with van der Waals surface area (Å²) in [6.45, 7) is 13.8. The van der Waals surface area contributed by atoms with Crippen molar-refractivity contribution in [3.05, 3.63) is 11.6 Å². The van der Waals surface area contributed by atoms with Crippen LogP contribution in [-0.2, 0) is 4.79 Å². The van der Waals surface area contributed by atoms with E-state index < -0.39 is 23.6 Å². The molecule has 11 atom stereocenters. The average molecular weight is 473 g/mol. The average Bonchev–Trinajstić information content (AvgIpc) is 3.37. The smallest absolute Gasteiger partial charge is 0.312 e. The molecular weight excluding hydrogens is 424 g/mol. The van der Waals surface area contributed by atoms with Crippen molar-refractivity contribution in [3.8, 4) is 0 Å². The summed E-state index contributed by atoms with van der Waals surface area (Å²) in [5.41, 5.74) is 0.603. The first-order valence-corrected chi connectivity index (χ1v) is 14.0. The highest BCUT2D eigenvalue weighted by molar-refractivity contribution is 5.76. The number of allylic oxidation sites excluding steroid dienone is 2. The molecule has 4 heteroatoms. The van der Waals surface area contributed by atoms with Gasteiger partial charge in [-0.3, -0.25) is 4.79 Å². The molecule has 5 saturated carbocycles. The fourth-order valence-corrected chi connectivity index (χ4v) is 11.2. The van der Waals surface area contributed by atoms with Gasteiger partial charge in [0.15, 0.2) is 0 Å². The van der Waals surface area contributed by atoms with E-state index in [0.29, 0.717) is 17.3 Å². The van der Waals surface area contributed by atoms with Crippen LogP contribution in [0.3, 0.4) is 0 Å². The van der Waals surface area contributed by atoms with E-state index in [4.69, 9.17) is 0 Å². The Morgan fingerprint density at radius 1 is 0.971 bits per heavy atom. The maximum Gasteiger partial charge on any atom is 0.312 e. The van der Waals surface area contributed by atoms with Crippen molar-refractivity contribution in [1.29, 1.82) is 0 Å². The molecule has 0 unspecified atom stereocenters. The number of aliphatic hydroxyl groups is 2. The van der Waals surface area contributed by atoms with Gasteiger partial charge in [-0.15, -0.1) is 0 Å². The molecule has 0 bridgehead atoms. The molecule has 2 spiro atoms. The Balaban J connectivity index is 1.45. The van der Waals surface area contributed by atoms with E-state index in [1.165, 1.54) is 37.7 Å². The molecule has 0 aromatic heterocycles. The van der Waals surface area contributed by atoms with Crippen LogP contribution in [0.15, 0.2) is 11.6 Å². The third kappa shape index (κ3) is 2.76. The van der Waals surface area contributed by atoms with E-state index in [9.17, 15) is 20.1 Å². The number of carbonyl (C=O) groups is 1. The molecule has 0 saturated heterocycles. The number of carboxylic acid groups (broad SMARTS) is 1. The third-order valence-corrected chi connectivity index (χ3v) is 13.2. The van der Waals surface area contributed by atoms with Gasteiger partial charge in [0.2, 0.25) is 0 Å². The molecule has 0 aromatic rings. The number of carboxylic acids is 1. The summed E-state index contributed by atoms with van der Waals surface area (Å²) in [5, 5.41) is 32.5. The first kappa shape index (κ1) is 24.8. The van der Waals surface area contributed by atoms with Crippen LogP contribution in [0.2, 0.25) is 0 Å². The van der Waals surface area contributed by atoms with Gasteiger partial charge in [-0.05, 0) is 118 Å². The molecule has 0 amide bonds. The van der Waals surface area contributed by atoms with E-state index in [2.05, 4.69) is 40.7 Å². The van der Waals surface area contributed by atoms with Crippen LogP contribution in [-0.4, -0.2) is 33.5 Å². The second kappa shape index (κ2) is 7.57. The van der Waals surface area contributed by atoms with Gasteiger partial charge in [-0.2, -0.15) is 0 Å². The van der Waals surface area contributed by atoms with E-state index in [1.54, 1.807) is 6.92 Å². The van der Waals surface area contributed by atoms with Gasteiger partial charge in [-0.25, -0.2) is 0 Å². The third-order valence-electron chi connectivity index (χ3n) is 13.2. The summed E-state index contributed by atoms with van der Waals surface area (Å²) in [4.78, 5) is 12.5. The van der Waals surface area contributed by atoms with Gasteiger partial charge in [0.1, 0.15) is 0 Å². The lowest BCUT2D eigenvalue weighted by molar-refractivity contribution is -0.210. The van der Waals surface area contributed by atoms with Gasteiger partial charge in [0, 0.05) is 11.8 Å². The minimum absolute atomic E-state index is 0.0701. The Labute approximate surface area is 206 Å². The van der Waals surface area contributed by atoms with Gasteiger partial charge >= 0.3 is 5.97 Å². The van der Waals surface area contributed by atoms with Crippen molar-refractivity contribution in [3.63, 3.8) is 0 Å². The lowest BCUT2D eigenvalue weighted by Gasteiger charge is -2.63. The fourth-order valence-electron chi connectivity index (χ4n) is 11.2. The summed E-state index contributed by atoms with van der Waals surface area (Å²) in [6, 6.07) is 0. The van der Waals surface area contributed by atoms with Crippen LogP contribution in [0, 0.1) is 50.7 Å². The molecule has 34 heavy (non-hydrogen) atoms. The van der Waals surface area contributed by atoms with Crippen molar-refractivity contribution in [2.75, 3.05) is 0 Å². The quantitative estimate of drug-likeness (QED) is 0.416. The molecular formula is C30H48O4. The number of rotatable bonds is 5. The second-order valence-electron chi connectivity index (χ2n) is 14.2. The lowest BCUT2D eigenvalue weighted by Crippen LogP contribution is -2.63. The molecule has 4 nitrogen and oxygen atoms in total. The number of aliphatic hydroxyl groups excluding tert-OH is 2. The first-order valence-electron chi connectivity index (χ1n) is 14.0. The van der Waals surface area contributed by atoms with Crippen LogP contribution < -0.4 is 0 Å². The monoisotopic (exact) mass is 472 g/mol. The van der Waals surface area contributed by atoms with Crippen LogP contribution in [0.4, 0.5) is 0 Å². The number of hydrogen-bond acceptors (Lipinski definition) is 3. The zero-order valence-electron chi connectivity index (χ0n) is 22.4. The summed E-state index contributed by atoms with van der Waals surface area (Å²) in [6.07, 6.45) is 11.2. The Morgan fingerprint density at radius 3 is 2.29 bits per heavy atom. The highest BCUT2D eigenvalue weighted by Gasteiger charge is 2.85. The standard InChI is InChI=1S/C30H48O4/c1-18(2)8-7-9-19(3)20-12-13-27(5)21-10-11-22-28(6,25(33)34)23(31)16-24(32)30(22)17-29(21,30)15-14-26(20,27)4/h8,19-24,31-32H,7,9-17H2,1-6H3,(H,33,34)/t19-,20-,21+,22-,23+,24+,26-,27+,28+,29+,30-/m1/s1. The summed E-state index contributed by atoms with van der Waals surface area (Å²) in [5.74, 6) is 1.02. The van der Waals surface area contributed by atoms with Crippen LogP contribution in [0.1, 0.15) is 106 Å². The number of aliphatic carboxylic acids is 1. The van der Waals surface area contributed by atoms with E-state index in [0.717, 1.165) is 31.6 Å². The number of fused-ring (bicyclic) bond motifs is 2. The van der Waals surface area contributed by atoms with Crippen LogP contribution >= 0.6 is 0 Å². The molecule has 5 fully saturated rings. The van der Waals surface area contributed by atoms with E-state index in [1.807, 2.05) is 0 Å². The SMILES string of the molecule is CC(C)=CCC[C@@H](C)[C@H]1CC[C@@]2(C)[C@@H]3CC[C@@H]4[C@](C)(C(=O)O)[C@@H](O)C[C@H](O)[C@@]45C[C@@]35CC[C@]12C.